The number of benzene rings is 2. The summed E-state index contributed by atoms with van der Waals surface area (Å²) in [7, 11) is 1.76. The van der Waals surface area contributed by atoms with Crippen molar-refractivity contribution in [2.24, 2.45) is 7.05 Å². The Labute approximate surface area is 195 Å². The van der Waals surface area contributed by atoms with Crippen LogP contribution in [-0.2, 0) is 18.2 Å². The van der Waals surface area contributed by atoms with Gasteiger partial charge in [-0.2, -0.15) is 0 Å². The molecule has 4 aromatic rings. The Bertz CT molecular complexity index is 1350. The van der Waals surface area contributed by atoms with E-state index in [-0.39, 0.29) is 17.6 Å². The normalized spacial score (nSPS) is 15.8. The van der Waals surface area contributed by atoms with Gasteiger partial charge in [0, 0.05) is 25.6 Å². The lowest BCUT2D eigenvalue weighted by Gasteiger charge is -2.13. The van der Waals surface area contributed by atoms with E-state index in [1.165, 1.54) is 11.3 Å². The largest absolute Gasteiger partial charge is 0.488 e. The van der Waals surface area contributed by atoms with Crippen molar-refractivity contribution < 1.29 is 14.3 Å². The van der Waals surface area contributed by atoms with E-state index in [0.717, 1.165) is 47.0 Å². The Kier molecular flexibility index (Phi) is 6.15. The zero-order valence-corrected chi connectivity index (χ0v) is 19.3. The van der Waals surface area contributed by atoms with Crippen LogP contribution in [0.5, 0.6) is 5.75 Å². The molecule has 33 heavy (non-hydrogen) atoms. The summed E-state index contributed by atoms with van der Waals surface area (Å²) in [5.74, 6) is 0.148. The SMILES string of the molecule is Cn1c(=O)c2c(OCC3CCCO3)c(C(=O)NCCc3ccccc3)sc2c2ccccc21. The molecule has 0 radical (unpaired) electrons. The van der Waals surface area contributed by atoms with E-state index in [9.17, 15) is 9.59 Å². The van der Waals surface area contributed by atoms with Gasteiger partial charge in [-0.15, -0.1) is 11.3 Å². The number of ether oxygens (including phenoxy) is 2. The minimum absolute atomic E-state index is 0.0155. The molecule has 1 aliphatic heterocycles. The van der Waals surface area contributed by atoms with Gasteiger partial charge in [-0.3, -0.25) is 9.59 Å². The molecule has 0 saturated carbocycles. The second-order valence-corrected chi connectivity index (χ2v) is 9.30. The van der Waals surface area contributed by atoms with Gasteiger partial charge in [0.05, 0.1) is 16.3 Å². The van der Waals surface area contributed by atoms with Crippen LogP contribution in [0.1, 0.15) is 28.1 Å². The number of rotatable bonds is 7. The Morgan fingerprint density at radius 2 is 1.97 bits per heavy atom. The highest BCUT2D eigenvalue weighted by atomic mass is 32.1. The van der Waals surface area contributed by atoms with E-state index < -0.39 is 0 Å². The number of nitrogens with one attached hydrogen (secondary N) is 1. The summed E-state index contributed by atoms with van der Waals surface area (Å²) in [6, 6.07) is 17.8. The van der Waals surface area contributed by atoms with Crippen LogP contribution in [0.2, 0.25) is 0 Å². The number of aryl methyl sites for hydroxylation is 1. The predicted octanol–water partition coefficient (Wildman–Crippen LogP) is 4.28. The molecular weight excluding hydrogens is 436 g/mol. The minimum atomic E-state index is -0.222. The van der Waals surface area contributed by atoms with E-state index in [1.54, 1.807) is 11.6 Å². The average Bonchev–Trinajstić information content (AvgIpc) is 3.50. The number of nitrogens with zero attached hydrogens (tertiary/aromatic N) is 1. The van der Waals surface area contributed by atoms with Crippen LogP contribution in [-0.4, -0.2) is 36.3 Å². The predicted molar refractivity (Wildman–Crippen MR) is 132 cm³/mol. The molecule has 1 saturated heterocycles. The second-order valence-electron chi connectivity index (χ2n) is 8.28. The molecule has 1 fully saturated rings. The van der Waals surface area contributed by atoms with Crippen LogP contribution < -0.4 is 15.6 Å². The fraction of sp³-hybridized carbons (Fsp3) is 0.308. The monoisotopic (exact) mass is 462 g/mol. The Balaban J connectivity index is 1.52. The number of hydrogen-bond acceptors (Lipinski definition) is 5. The van der Waals surface area contributed by atoms with Crippen LogP contribution in [0.3, 0.4) is 0 Å². The van der Waals surface area contributed by atoms with Gasteiger partial charge in [0.25, 0.3) is 11.5 Å². The minimum Gasteiger partial charge on any atom is -0.488 e. The number of fused-ring (bicyclic) bond motifs is 3. The molecule has 1 unspecified atom stereocenters. The van der Waals surface area contributed by atoms with Crippen molar-refractivity contribution in [1.29, 1.82) is 0 Å². The van der Waals surface area contributed by atoms with Crippen LogP contribution in [0.4, 0.5) is 0 Å². The maximum atomic E-state index is 13.3. The summed E-state index contributed by atoms with van der Waals surface area (Å²) < 4.78 is 14.3. The summed E-state index contributed by atoms with van der Waals surface area (Å²) in [6.07, 6.45) is 2.63. The van der Waals surface area contributed by atoms with Crippen LogP contribution in [0.25, 0.3) is 21.0 Å². The maximum absolute atomic E-state index is 13.3. The molecule has 5 rings (SSSR count). The highest BCUT2D eigenvalue weighted by molar-refractivity contribution is 7.22. The zero-order valence-electron chi connectivity index (χ0n) is 18.5. The molecule has 0 bridgehead atoms. The van der Waals surface area contributed by atoms with Gasteiger partial charge >= 0.3 is 0 Å². The van der Waals surface area contributed by atoms with Gasteiger partial charge in [0.2, 0.25) is 0 Å². The molecule has 1 aliphatic rings. The number of hydrogen-bond donors (Lipinski definition) is 1. The number of carbonyl (C=O) groups excluding carboxylic acids is 1. The van der Waals surface area contributed by atoms with Crippen molar-refractivity contribution in [3.05, 3.63) is 75.4 Å². The van der Waals surface area contributed by atoms with Gasteiger partial charge in [-0.1, -0.05) is 48.5 Å². The van der Waals surface area contributed by atoms with Gasteiger partial charge in [0.15, 0.2) is 5.75 Å². The molecule has 0 aliphatic carbocycles. The molecule has 2 aromatic carbocycles. The Hall–Kier alpha value is -3.16. The van der Waals surface area contributed by atoms with Crippen LogP contribution in [0.15, 0.2) is 59.4 Å². The van der Waals surface area contributed by atoms with Crippen molar-refractivity contribution in [2.45, 2.75) is 25.4 Å². The number of amides is 1. The van der Waals surface area contributed by atoms with Gasteiger partial charge < -0.3 is 19.4 Å². The first-order valence-corrected chi connectivity index (χ1v) is 12.1. The molecule has 1 atom stereocenters. The molecule has 170 valence electrons. The zero-order chi connectivity index (χ0) is 22.8. The highest BCUT2D eigenvalue weighted by Crippen LogP contribution is 2.39. The van der Waals surface area contributed by atoms with Gasteiger partial charge in [-0.25, -0.2) is 0 Å². The third-order valence-corrected chi connectivity index (χ3v) is 7.28. The molecular formula is C26H26N2O4S. The first-order chi connectivity index (χ1) is 16.1. The number of para-hydroxylation sites is 1. The first kappa shape index (κ1) is 21.7. The van der Waals surface area contributed by atoms with E-state index in [2.05, 4.69) is 5.32 Å². The summed E-state index contributed by atoms with van der Waals surface area (Å²) in [5, 5.41) is 4.41. The Morgan fingerprint density at radius 1 is 1.18 bits per heavy atom. The lowest BCUT2D eigenvalue weighted by Crippen LogP contribution is -2.26. The number of pyridine rings is 1. The number of thiophene rings is 1. The fourth-order valence-corrected chi connectivity index (χ4v) is 5.51. The summed E-state index contributed by atoms with van der Waals surface area (Å²) in [5.41, 5.74) is 1.83. The molecule has 0 spiro atoms. The number of carbonyl (C=O) groups is 1. The van der Waals surface area contributed by atoms with E-state index in [1.807, 2.05) is 54.6 Å². The highest BCUT2D eigenvalue weighted by Gasteiger charge is 2.26. The number of aromatic nitrogens is 1. The standard InChI is InChI=1S/C26H26N2O4S/c1-28-20-12-6-5-11-19(20)23-21(26(28)30)22(32-16-18-10-7-15-31-18)24(33-23)25(29)27-14-13-17-8-3-2-4-9-17/h2-6,8-9,11-12,18H,7,10,13-16H2,1H3,(H,27,29). The van der Waals surface area contributed by atoms with Crippen molar-refractivity contribution >= 4 is 38.2 Å². The third kappa shape index (κ3) is 4.26. The van der Waals surface area contributed by atoms with Gasteiger partial charge in [0.1, 0.15) is 16.9 Å². The lowest BCUT2D eigenvalue weighted by atomic mass is 10.1. The Morgan fingerprint density at radius 3 is 2.76 bits per heavy atom. The molecule has 7 heteroatoms. The summed E-state index contributed by atoms with van der Waals surface area (Å²) in [4.78, 5) is 27.0. The summed E-state index contributed by atoms with van der Waals surface area (Å²) >= 11 is 1.32. The van der Waals surface area contributed by atoms with Crippen molar-refractivity contribution in [1.82, 2.24) is 9.88 Å². The molecule has 6 nitrogen and oxygen atoms in total. The quantitative estimate of drug-likeness (QED) is 0.445. The van der Waals surface area contributed by atoms with E-state index in [0.29, 0.717) is 29.2 Å². The topological polar surface area (TPSA) is 69.6 Å². The van der Waals surface area contributed by atoms with Crippen molar-refractivity contribution in [3.8, 4) is 5.75 Å². The maximum Gasteiger partial charge on any atom is 0.265 e. The second kappa shape index (κ2) is 9.37. The summed E-state index contributed by atoms with van der Waals surface area (Å²) in [6.45, 7) is 1.55. The molecule has 1 amide bonds. The van der Waals surface area contributed by atoms with Crippen LogP contribution in [0, 0.1) is 0 Å². The molecule has 2 aromatic heterocycles. The van der Waals surface area contributed by atoms with Crippen molar-refractivity contribution in [3.63, 3.8) is 0 Å². The average molecular weight is 463 g/mol. The van der Waals surface area contributed by atoms with Gasteiger partial charge in [-0.05, 0) is 30.9 Å². The van der Waals surface area contributed by atoms with Crippen LogP contribution >= 0.6 is 11.3 Å². The third-order valence-electron chi connectivity index (χ3n) is 6.08. The van der Waals surface area contributed by atoms with E-state index in [4.69, 9.17) is 9.47 Å². The lowest BCUT2D eigenvalue weighted by molar-refractivity contribution is 0.0678. The van der Waals surface area contributed by atoms with E-state index >= 15 is 0 Å². The first-order valence-electron chi connectivity index (χ1n) is 11.2. The molecule has 1 N–H and O–H groups in total. The smallest absolute Gasteiger partial charge is 0.265 e. The molecule has 3 heterocycles. The van der Waals surface area contributed by atoms with Crippen molar-refractivity contribution in [2.75, 3.05) is 19.8 Å². The fourth-order valence-electron chi connectivity index (χ4n) is 4.32.